The molecule has 0 heterocycles. The lowest BCUT2D eigenvalue weighted by Crippen LogP contribution is -2.23. The zero-order chi connectivity index (χ0) is 21.5. The van der Waals surface area contributed by atoms with Crippen LogP contribution < -0.4 is 16.0 Å². The van der Waals surface area contributed by atoms with Gasteiger partial charge in [0.15, 0.2) is 0 Å². The molecule has 0 fully saturated rings. The van der Waals surface area contributed by atoms with E-state index in [1.807, 2.05) is 93.6 Å². The number of para-hydroxylation sites is 1. The van der Waals surface area contributed by atoms with Crippen LogP contribution in [0.25, 0.3) is 0 Å². The summed E-state index contributed by atoms with van der Waals surface area (Å²) in [4.78, 5) is 25.6. The summed E-state index contributed by atoms with van der Waals surface area (Å²) in [5.41, 5.74) is 4.47. The standard InChI is InChI=1S/C24H25N3O2S/c1-16-8-7-11-22(17(16)2)27-23(28)18(3)30-21-14-12-20(13-15-21)26-24(29)25-19-9-5-4-6-10-19/h4-15,18H,1-3H3,(H,27,28)(H2,25,26,29). The average Bonchev–Trinajstić information content (AvgIpc) is 2.73. The van der Waals surface area contributed by atoms with Crippen molar-refractivity contribution < 1.29 is 9.59 Å². The van der Waals surface area contributed by atoms with E-state index in [2.05, 4.69) is 16.0 Å². The number of amides is 3. The lowest BCUT2D eigenvalue weighted by Gasteiger charge is -2.15. The molecule has 3 aromatic carbocycles. The molecule has 0 aliphatic heterocycles. The molecule has 0 aliphatic carbocycles. The Hall–Kier alpha value is -3.25. The van der Waals surface area contributed by atoms with Gasteiger partial charge in [0.05, 0.1) is 5.25 Å². The van der Waals surface area contributed by atoms with Crippen LogP contribution in [0, 0.1) is 13.8 Å². The Morgan fingerprint density at radius 3 is 2.07 bits per heavy atom. The van der Waals surface area contributed by atoms with Crippen LogP contribution in [-0.2, 0) is 4.79 Å². The number of rotatable bonds is 6. The lowest BCUT2D eigenvalue weighted by atomic mass is 10.1. The first kappa shape index (κ1) is 21.5. The number of hydrogen-bond acceptors (Lipinski definition) is 3. The van der Waals surface area contributed by atoms with E-state index in [0.717, 1.165) is 27.4 Å². The van der Waals surface area contributed by atoms with Crippen molar-refractivity contribution in [1.82, 2.24) is 0 Å². The molecule has 3 aromatic rings. The summed E-state index contributed by atoms with van der Waals surface area (Å²) in [5.74, 6) is -0.0434. The van der Waals surface area contributed by atoms with Crippen molar-refractivity contribution in [3.05, 3.63) is 83.9 Å². The van der Waals surface area contributed by atoms with Crippen LogP contribution in [0.2, 0.25) is 0 Å². The molecule has 0 bridgehead atoms. The van der Waals surface area contributed by atoms with Gasteiger partial charge in [-0.1, -0.05) is 30.3 Å². The van der Waals surface area contributed by atoms with E-state index in [0.29, 0.717) is 5.69 Å². The van der Waals surface area contributed by atoms with E-state index in [9.17, 15) is 9.59 Å². The Morgan fingerprint density at radius 1 is 0.767 bits per heavy atom. The molecule has 3 rings (SSSR count). The van der Waals surface area contributed by atoms with Gasteiger partial charge in [-0.15, -0.1) is 11.8 Å². The second kappa shape index (κ2) is 9.98. The fourth-order valence-corrected chi connectivity index (χ4v) is 3.68. The highest BCUT2D eigenvalue weighted by atomic mass is 32.2. The largest absolute Gasteiger partial charge is 0.325 e. The number of benzene rings is 3. The van der Waals surface area contributed by atoms with Crippen LogP contribution in [-0.4, -0.2) is 17.2 Å². The second-order valence-electron chi connectivity index (χ2n) is 6.97. The maximum atomic E-state index is 12.6. The van der Waals surface area contributed by atoms with Crippen LogP contribution in [0.5, 0.6) is 0 Å². The number of nitrogens with one attached hydrogen (secondary N) is 3. The van der Waals surface area contributed by atoms with Crippen molar-refractivity contribution in [3.8, 4) is 0 Å². The number of anilines is 3. The Balaban J connectivity index is 1.53. The van der Waals surface area contributed by atoms with Gasteiger partial charge in [-0.25, -0.2) is 4.79 Å². The van der Waals surface area contributed by atoms with E-state index in [4.69, 9.17) is 0 Å². The topological polar surface area (TPSA) is 70.2 Å². The Bertz CT molecular complexity index is 1020. The smallest absolute Gasteiger partial charge is 0.323 e. The van der Waals surface area contributed by atoms with Gasteiger partial charge in [0, 0.05) is 22.0 Å². The summed E-state index contributed by atoms with van der Waals surface area (Å²) in [6.45, 7) is 5.91. The van der Waals surface area contributed by atoms with Crippen LogP contribution >= 0.6 is 11.8 Å². The molecule has 3 N–H and O–H groups in total. The predicted molar refractivity (Wildman–Crippen MR) is 125 cm³/mol. The van der Waals surface area contributed by atoms with Crippen LogP contribution in [0.4, 0.5) is 21.9 Å². The molecular formula is C24H25N3O2S. The van der Waals surface area contributed by atoms with Gasteiger partial charge in [-0.05, 0) is 74.4 Å². The van der Waals surface area contributed by atoms with E-state index in [1.54, 1.807) is 0 Å². The van der Waals surface area contributed by atoms with Crippen LogP contribution in [0.1, 0.15) is 18.1 Å². The van der Waals surface area contributed by atoms with E-state index >= 15 is 0 Å². The van der Waals surface area contributed by atoms with E-state index in [-0.39, 0.29) is 17.2 Å². The number of carbonyl (C=O) groups is 2. The molecule has 0 spiro atoms. The zero-order valence-corrected chi connectivity index (χ0v) is 18.0. The molecule has 0 radical (unpaired) electrons. The lowest BCUT2D eigenvalue weighted by molar-refractivity contribution is -0.115. The summed E-state index contributed by atoms with van der Waals surface area (Å²) in [6.07, 6.45) is 0. The maximum Gasteiger partial charge on any atom is 0.323 e. The molecule has 1 atom stereocenters. The van der Waals surface area contributed by atoms with Crippen molar-refractivity contribution in [3.63, 3.8) is 0 Å². The third-order valence-electron chi connectivity index (χ3n) is 4.69. The molecule has 154 valence electrons. The fourth-order valence-electron chi connectivity index (χ4n) is 2.81. The summed E-state index contributed by atoms with van der Waals surface area (Å²) in [5, 5.41) is 8.32. The highest BCUT2D eigenvalue weighted by Crippen LogP contribution is 2.26. The molecule has 5 nitrogen and oxygen atoms in total. The summed E-state index contributed by atoms with van der Waals surface area (Å²) in [6, 6.07) is 22.3. The third-order valence-corrected chi connectivity index (χ3v) is 5.80. The third kappa shape index (κ3) is 5.87. The van der Waals surface area contributed by atoms with Gasteiger partial charge in [0.2, 0.25) is 5.91 Å². The maximum absolute atomic E-state index is 12.6. The van der Waals surface area contributed by atoms with Crippen molar-refractivity contribution in [2.75, 3.05) is 16.0 Å². The molecule has 0 aliphatic rings. The van der Waals surface area contributed by atoms with Gasteiger partial charge in [0.1, 0.15) is 0 Å². The average molecular weight is 420 g/mol. The normalized spacial score (nSPS) is 11.4. The quantitative estimate of drug-likeness (QED) is 0.425. The predicted octanol–water partition coefficient (Wildman–Crippen LogP) is 6.07. The molecular weight excluding hydrogens is 394 g/mol. The SMILES string of the molecule is Cc1cccc(NC(=O)C(C)Sc2ccc(NC(=O)Nc3ccccc3)cc2)c1C. The number of aryl methyl sites for hydroxylation is 1. The van der Waals surface area contributed by atoms with Gasteiger partial charge < -0.3 is 16.0 Å². The number of hydrogen-bond donors (Lipinski definition) is 3. The molecule has 0 saturated carbocycles. The fraction of sp³-hybridized carbons (Fsp3) is 0.167. The van der Waals surface area contributed by atoms with Gasteiger partial charge in [-0.3, -0.25) is 4.79 Å². The van der Waals surface area contributed by atoms with Crippen molar-refractivity contribution in [2.45, 2.75) is 30.9 Å². The highest BCUT2D eigenvalue weighted by Gasteiger charge is 2.16. The molecule has 0 saturated heterocycles. The molecule has 3 amide bonds. The van der Waals surface area contributed by atoms with Gasteiger partial charge >= 0.3 is 6.03 Å². The Kier molecular flexibility index (Phi) is 7.14. The van der Waals surface area contributed by atoms with Crippen LogP contribution in [0.3, 0.4) is 0 Å². The van der Waals surface area contributed by atoms with E-state index < -0.39 is 0 Å². The summed E-state index contributed by atoms with van der Waals surface area (Å²) in [7, 11) is 0. The van der Waals surface area contributed by atoms with Crippen molar-refractivity contribution in [2.24, 2.45) is 0 Å². The van der Waals surface area contributed by atoms with Crippen molar-refractivity contribution in [1.29, 1.82) is 0 Å². The Morgan fingerprint density at radius 2 is 1.40 bits per heavy atom. The number of urea groups is 1. The molecule has 1 unspecified atom stereocenters. The summed E-state index contributed by atoms with van der Waals surface area (Å²) < 4.78 is 0. The number of carbonyl (C=O) groups excluding carboxylic acids is 2. The van der Waals surface area contributed by atoms with Crippen LogP contribution in [0.15, 0.2) is 77.7 Å². The Labute approximate surface area is 181 Å². The van der Waals surface area contributed by atoms with E-state index in [1.165, 1.54) is 11.8 Å². The minimum atomic E-state index is -0.303. The zero-order valence-electron chi connectivity index (χ0n) is 17.2. The number of thioether (sulfide) groups is 1. The highest BCUT2D eigenvalue weighted by molar-refractivity contribution is 8.00. The van der Waals surface area contributed by atoms with Gasteiger partial charge in [0.25, 0.3) is 0 Å². The summed E-state index contributed by atoms with van der Waals surface area (Å²) >= 11 is 1.47. The molecule has 6 heteroatoms. The first-order valence-corrected chi connectivity index (χ1v) is 10.6. The monoisotopic (exact) mass is 419 g/mol. The first-order chi connectivity index (χ1) is 14.4. The minimum Gasteiger partial charge on any atom is -0.325 e. The molecule has 30 heavy (non-hydrogen) atoms. The second-order valence-corrected chi connectivity index (χ2v) is 8.38. The molecule has 0 aromatic heterocycles. The first-order valence-electron chi connectivity index (χ1n) is 9.69. The van der Waals surface area contributed by atoms with Crippen molar-refractivity contribution >= 4 is 40.8 Å². The minimum absolute atomic E-state index is 0.0434. The van der Waals surface area contributed by atoms with Gasteiger partial charge in [-0.2, -0.15) is 0 Å².